The molecule has 0 fully saturated rings. The highest BCUT2D eigenvalue weighted by molar-refractivity contribution is 6.04. The van der Waals surface area contributed by atoms with Crippen molar-refractivity contribution < 1.29 is 18.7 Å². The molecule has 144 valence electrons. The Bertz CT molecular complexity index is 914. The van der Waals surface area contributed by atoms with Crippen molar-refractivity contribution in [2.24, 2.45) is 0 Å². The van der Waals surface area contributed by atoms with Crippen LogP contribution in [0.5, 0.6) is 5.75 Å². The molecule has 28 heavy (non-hydrogen) atoms. The summed E-state index contributed by atoms with van der Waals surface area (Å²) in [6, 6.07) is 17.2. The number of anilines is 1. The van der Waals surface area contributed by atoms with Gasteiger partial charge in [-0.2, -0.15) is 0 Å². The summed E-state index contributed by atoms with van der Waals surface area (Å²) in [6.07, 6.45) is 1.64. The van der Waals surface area contributed by atoms with Gasteiger partial charge in [0.1, 0.15) is 11.5 Å². The van der Waals surface area contributed by atoms with Crippen LogP contribution in [0.2, 0.25) is 0 Å². The molecule has 0 unspecified atom stereocenters. The van der Waals surface area contributed by atoms with Crippen LogP contribution in [0.4, 0.5) is 5.69 Å². The van der Waals surface area contributed by atoms with Crippen LogP contribution >= 0.6 is 0 Å². The van der Waals surface area contributed by atoms with Crippen molar-refractivity contribution in [2.75, 3.05) is 5.32 Å². The number of rotatable bonds is 7. The van der Waals surface area contributed by atoms with Gasteiger partial charge in [0, 0.05) is 16.8 Å². The first-order chi connectivity index (χ1) is 13.5. The van der Waals surface area contributed by atoms with Gasteiger partial charge in [-0.1, -0.05) is 0 Å². The van der Waals surface area contributed by atoms with Crippen molar-refractivity contribution in [3.8, 4) is 5.75 Å². The summed E-state index contributed by atoms with van der Waals surface area (Å²) in [7, 11) is 0. The molecule has 2 N–H and O–H groups in total. The molecular weight excluding hydrogens is 356 g/mol. The molecule has 0 saturated carbocycles. The van der Waals surface area contributed by atoms with Gasteiger partial charge in [0.15, 0.2) is 0 Å². The number of benzene rings is 2. The molecule has 0 aliphatic heterocycles. The van der Waals surface area contributed by atoms with Crippen LogP contribution < -0.4 is 15.4 Å². The molecule has 1 aromatic heterocycles. The van der Waals surface area contributed by atoms with Crippen LogP contribution in [-0.4, -0.2) is 17.9 Å². The molecule has 0 aliphatic rings. The normalized spacial score (nSPS) is 10.5. The van der Waals surface area contributed by atoms with Crippen LogP contribution in [-0.2, 0) is 6.54 Å². The quantitative estimate of drug-likeness (QED) is 0.644. The lowest BCUT2D eigenvalue weighted by atomic mass is 10.1. The minimum atomic E-state index is -0.230. The maximum atomic E-state index is 12.4. The Hall–Kier alpha value is -3.54. The summed E-state index contributed by atoms with van der Waals surface area (Å²) in [5.41, 5.74) is 1.63. The van der Waals surface area contributed by atoms with Crippen LogP contribution in [0, 0.1) is 0 Å². The van der Waals surface area contributed by atoms with Crippen LogP contribution in [0.1, 0.15) is 40.3 Å². The van der Waals surface area contributed by atoms with Gasteiger partial charge in [-0.05, 0) is 74.5 Å². The summed E-state index contributed by atoms with van der Waals surface area (Å²) in [5.74, 6) is 0.958. The predicted molar refractivity (Wildman–Crippen MR) is 106 cm³/mol. The van der Waals surface area contributed by atoms with Crippen molar-refractivity contribution in [1.29, 1.82) is 0 Å². The van der Waals surface area contributed by atoms with Crippen molar-refractivity contribution in [3.05, 3.63) is 83.8 Å². The van der Waals surface area contributed by atoms with Gasteiger partial charge in [-0.15, -0.1) is 0 Å². The van der Waals surface area contributed by atoms with E-state index in [0.717, 1.165) is 5.75 Å². The van der Waals surface area contributed by atoms with Crippen molar-refractivity contribution in [2.45, 2.75) is 26.5 Å². The molecule has 0 radical (unpaired) electrons. The highest BCUT2D eigenvalue weighted by Gasteiger charge is 2.09. The summed E-state index contributed by atoms with van der Waals surface area (Å²) in [5, 5.41) is 5.59. The van der Waals surface area contributed by atoms with E-state index in [1.54, 1.807) is 66.9 Å². The first kappa shape index (κ1) is 19.2. The Balaban J connectivity index is 1.55. The van der Waals surface area contributed by atoms with E-state index in [-0.39, 0.29) is 17.9 Å². The van der Waals surface area contributed by atoms with Crippen LogP contribution in [0.15, 0.2) is 71.3 Å². The zero-order valence-corrected chi connectivity index (χ0v) is 15.8. The number of hydrogen-bond acceptors (Lipinski definition) is 4. The van der Waals surface area contributed by atoms with Gasteiger partial charge in [0.25, 0.3) is 11.8 Å². The van der Waals surface area contributed by atoms with Crippen molar-refractivity contribution >= 4 is 17.5 Å². The molecule has 6 heteroatoms. The Morgan fingerprint density at radius 1 is 0.929 bits per heavy atom. The fourth-order valence-corrected chi connectivity index (χ4v) is 2.55. The molecule has 2 aromatic carbocycles. The molecular formula is C22H22N2O4. The molecule has 2 amide bonds. The Morgan fingerprint density at radius 3 is 2.18 bits per heavy atom. The molecule has 0 saturated heterocycles. The number of furan rings is 1. The van der Waals surface area contributed by atoms with Gasteiger partial charge in [0.05, 0.1) is 18.9 Å². The molecule has 0 aliphatic carbocycles. The van der Waals surface area contributed by atoms with E-state index in [9.17, 15) is 9.59 Å². The third kappa shape index (κ3) is 5.23. The zero-order valence-electron chi connectivity index (χ0n) is 15.8. The first-order valence-corrected chi connectivity index (χ1v) is 9.00. The van der Waals surface area contributed by atoms with Gasteiger partial charge in [-0.25, -0.2) is 0 Å². The maximum absolute atomic E-state index is 12.4. The van der Waals surface area contributed by atoms with Gasteiger partial charge < -0.3 is 19.8 Å². The average Bonchev–Trinajstić information content (AvgIpc) is 3.20. The van der Waals surface area contributed by atoms with Crippen molar-refractivity contribution in [3.63, 3.8) is 0 Å². The van der Waals surface area contributed by atoms with Crippen LogP contribution in [0.3, 0.4) is 0 Å². The Kier molecular flexibility index (Phi) is 6.11. The largest absolute Gasteiger partial charge is 0.491 e. The molecule has 3 aromatic rings. The summed E-state index contributed by atoms with van der Waals surface area (Å²) < 4.78 is 10.8. The highest BCUT2D eigenvalue weighted by atomic mass is 16.5. The molecule has 0 atom stereocenters. The van der Waals surface area contributed by atoms with E-state index in [0.29, 0.717) is 29.1 Å². The van der Waals surface area contributed by atoms with Gasteiger partial charge in [0.2, 0.25) is 0 Å². The summed E-state index contributed by atoms with van der Waals surface area (Å²) in [6.45, 7) is 4.21. The summed E-state index contributed by atoms with van der Waals surface area (Å²) >= 11 is 0. The molecule has 3 rings (SSSR count). The second-order valence-corrected chi connectivity index (χ2v) is 6.48. The monoisotopic (exact) mass is 378 g/mol. The van der Waals surface area contributed by atoms with Gasteiger partial charge >= 0.3 is 0 Å². The number of hydrogen-bond donors (Lipinski definition) is 2. The van der Waals surface area contributed by atoms with Crippen molar-refractivity contribution in [1.82, 2.24) is 5.32 Å². The predicted octanol–water partition coefficient (Wildman–Crippen LogP) is 4.25. The SMILES string of the molecule is CC(C)Oc1ccc(C(=O)Nc2ccc(C(=O)NCc3ccco3)cc2)cc1. The van der Waals surface area contributed by atoms with E-state index in [1.165, 1.54) is 0 Å². The minimum absolute atomic E-state index is 0.0782. The lowest BCUT2D eigenvalue weighted by Crippen LogP contribution is -2.22. The minimum Gasteiger partial charge on any atom is -0.491 e. The Morgan fingerprint density at radius 2 is 1.57 bits per heavy atom. The fourth-order valence-electron chi connectivity index (χ4n) is 2.55. The van der Waals surface area contributed by atoms with Gasteiger partial charge in [-0.3, -0.25) is 9.59 Å². The first-order valence-electron chi connectivity index (χ1n) is 9.00. The molecule has 0 bridgehead atoms. The lowest BCUT2D eigenvalue weighted by Gasteiger charge is -2.10. The molecule has 6 nitrogen and oxygen atoms in total. The fraction of sp³-hybridized carbons (Fsp3) is 0.182. The number of carbonyl (C=O) groups excluding carboxylic acids is 2. The second-order valence-electron chi connectivity index (χ2n) is 6.48. The van der Waals surface area contributed by atoms with E-state index in [4.69, 9.17) is 9.15 Å². The van der Waals surface area contributed by atoms with Crippen LogP contribution in [0.25, 0.3) is 0 Å². The van der Waals surface area contributed by atoms with E-state index < -0.39 is 0 Å². The highest BCUT2D eigenvalue weighted by Crippen LogP contribution is 2.16. The topological polar surface area (TPSA) is 80.6 Å². The average molecular weight is 378 g/mol. The second kappa shape index (κ2) is 8.90. The third-order valence-corrected chi connectivity index (χ3v) is 3.90. The summed E-state index contributed by atoms with van der Waals surface area (Å²) in [4.78, 5) is 24.5. The molecule has 1 heterocycles. The number of amides is 2. The van der Waals surface area contributed by atoms with E-state index >= 15 is 0 Å². The number of nitrogens with one attached hydrogen (secondary N) is 2. The lowest BCUT2D eigenvalue weighted by molar-refractivity contribution is 0.0947. The third-order valence-electron chi connectivity index (χ3n) is 3.90. The number of ether oxygens (including phenoxy) is 1. The number of carbonyl (C=O) groups is 2. The van der Waals surface area contributed by atoms with E-state index in [1.807, 2.05) is 13.8 Å². The smallest absolute Gasteiger partial charge is 0.255 e. The van der Waals surface area contributed by atoms with E-state index in [2.05, 4.69) is 10.6 Å². The molecule has 0 spiro atoms. The Labute approximate surface area is 163 Å². The standard InChI is InChI=1S/C22H22N2O4/c1-15(2)28-19-11-7-17(8-12-19)22(26)24-18-9-5-16(6-10-18)21(25)23-14-20-4-3-13-27-20/h3-13,15H,14H2,1-2H3,(H,23,25)(H,24,26). The maximum Gasteiger partial charge on any atom is 0.255 e. The zero-order chi connectivity index (χ0) is 19.9.